The molecule has 1 fully saturated rings. The number of rotatable bonds is 2. The Morgan fingerprint density at radius 3 is 2.76 bits per heavy atom. The molecule has 0 spiro atoms. The number of H-pyrrole nitrogens is 1. The molecule has 3 nitrogen and oxygen atoms in total. The normalized spacial score (nSPS) is 19.6. The second-order valence-corrected chi connectivity index (χ2v) is 5.15. The summed E-state index contributed by atoms with van der Waals surface area (Å²) in [4.78, 5) is 13.0. The maximum atomic E-state index is 11.9. The van der Waals surface area contributed by atoms with Gasteiger partial charge in [0.2, 0.25) is 0 Å². The molecule has 2 N–H and O–H groups in total. The number of aromatic nitrogens is 1. The van der Waals surface area contributed by atoms with Gasteiger partial charge in [-0.25, -0.2) is 0 Å². The quantitative estimate of drug-likeness (QED) is 0.853. The van der Waals surface area contributed by atoms with E-state index in [0.717, 1.165) is 35.5 Å². The van der Waals surface area contributed by atoms with Crippen molar-refractivity contribution in [1.82, 2.24) is 9.69 Å². The van der Waals surface area contributed by atoms with Crippen molar-refractivity contribution in [3.63, 3.8) is 0 Å². The lowest BCUT2D eigenvalue weighted by Gasteiger charge is -2.07. The molecule has 1 saturated heterocycles. The zero-order valence-corrected chi connectivity index (χ0v) is 10.2. The minimum atomic E-state index is 0.0857. The van der Waals surface area contributed by atoms with Crippen LogP contribution in [0.4, 0.5) is 0 Å². The summed E-state index contributed by atoms with van der Waals surface area (Å²) in [6.07, 6.45) is 1.06. The fourth-order valence-electron chi connectivity index (χ4n) is 2.39. The summed E-state index contributed by atoms with van der Waals surface area (Å²) in [6, 6.07) is 10.1. The third-order valence-corrected chi connectivity index (χ3v) is 4.19. The van der Waals surface area contributed by atoms with Crippen molar-refractivity contribution >= 4 is 11.5 Å². The van der Waals surface area contributed by atoms with Crippen LogP contribution in [0.15, 0.2) is 35.1 Å². The molecule has 0 radical (unpaired) electrons. The van der Waals surface area contributed by atoms with Crippen LogP contribution in [0.1, 0.15) is 17.9 Å². The zero-order valence-electron chi connectivity index (χ0n) is 9.40. The van der Waals surface area contributed by atoms with Crippen molar-refractivity contribution in [2.24, 2.45) is 0 Å². The summed E-state index contributed by atoms with van der Waals surface area (Å²) >= 11 is 1.45. The Labute approximate surface area is 104 Å². The molecular weight excluding hydrogens is 232 g/mol. The summed E-state index contributed by atoms with van der Waals surface area (Å²) in [5, 5.41) is 3.32. The third kappa shape index (κ3) is 1.94. The van der Waals surface area contributed by atoms with Gasteiger partial charge in [0.15, 0.2) is 0 Å². The van der Waals surface area contributed by atoms with Crippen molar-refractivity contribution in [2.75, 3.05) is 13.1 Å². The number of hydrogen-bond donors (Lipinski definition) is 2. The minimum Gasteiger partial charge on any atom is -0.316 e. The number of benzene rings is 1. The summed E-state index contributed by atoms with van der Waals surface area (Å²) in [5.74, 6) is 0.361. The second kappa shape index (κ2) is 4.47. The van der Waals surface area contributed by atoms with Crippen molar-refractivity contribution in [2.45, 2.75) is 12.3 Å². The van der Waals surface area contributed by atoms with Crippen molar-refractivity contribution < 1.29 is 0 Å². The highest BCUT2D eigenvalue weighted by molar-refractivity contribution is 7.09. The Hall–Kier alpha value is -1.39. The maximum Gasteiger partial charge on any atom is 0.262 e. The van der Waals surface area contributed by atoms with Crippen LogP contribution in [0.25, 0.3) is 10.4 Å². The molecule has 0 amide bonds. The topological polar surface area (TPSA) is 44.9 Å². The van der Waals surface area contributed by atoms with E-state index in [1.165, 1.54) is 11.5 Å². The van der Waals surface area contributed by atoms with Crippen molar-refractivity contribution in [3.05, 3.63) is 46.2 Å². The zero-order chi connectivity index (χ0) is 11.7. The fourth-order valence-corrected chi connectivity index (χ4v) is 3.31. The molecule has 1 atom stereocenters. The van der Waals surface area contributed by atoms with Gasteiger partial charge in [0, 0.05) is 18.0 Å². The van der Waals surface area contributed by atoms with E-state index in [1.807, 2.05) is 18.2 Å². The molecule has 1 aliphatic rings. The Kier molecular flexibility index (Phi) is 2.82. The Morgan fingerprint density at radius 2 is 2.06 bits per heavy atom. The lowest BCUT2D eigenvalue weighted by molar-refractivity contribution is 0.759. The maximum absolute atomic E-state index is 11.9. The average Bonchev–Trinajstić information content (AvgIpc) is 2.99. The van der Waals surface area contributed by atoms with Crippen LogP contribution in [-0.4, -0.2) is 17.5 Å². The molecule has 2 heterocycles. The summed E-state index contributed by atoms with van der Waals surface area (Å²) in [6.45, 7) is 1.92. The summed E-state index contributed by atoms with van der Waals surface area (Å²) in [7, 11) is 0. The van der Waals surface area contributed by atoms with E-state index in [-0.39, 0.29) is 5.56 Å². The van der Waals surface area contributed by atoms with Crippen LogP contribution >= 0.6 is 11.5 Å². The molecule has 1 aliphatic heterocycles. The van der Waals surface area contributed by atoms with Gasteiger partial charge in [-0.1, -0.05) is 41.9 Å². The first-order valence-corrected chi connectivity index (χ1v) is 6.65. The first-order valence-electron chi connectivity index (χ1n) is 5.84. The largest absolute Gasteiger partial charge is 0.316 e. The van der Waals surface area contributed by atoms with Crippen LogP contribution in [0.5, 0.6) is 0 Å². The highest BCUT2D eigenvalue weighted by Crippen LogP contribution is 2.32. The third-order valence-electron chi connectivity index (χ3n) is 3.24. The first kappa shape index (κ1) is 10.7. The Bertz CT molecular complexity index is 552. The van der Waals surface area contributed by atoms with Crippen LogP contribution in [-0.2, 0) is 0 Å². The number of hydrogen-bond acceptors (Lipinski definition) is 3. The number of aromatic amines is 1. The molecule has 4 heteroatoms. The van der Waals surface area contributed by atoms with E-state index in [0.29, 0.717) is 5.92 Å². The Balaban J connectivity index is 2.09. The molecule has 1 unspecified atom stereocenters. The predicted molar refractivity (Wildman–Crippen MR) is 70.6 cm³/mol. The average molecular weight is 246 g/mol. The van der Waals surface area contributed by atoms with E-state index in [4.69, 9.17) is 0 Å². The van der Waals surface area contributed by atoms with Crippen molar-refractivity contribution in [3.8, 4) is 10.4 Å². The molecule has 0 bridgehead atoms. The first-order chi connectivity index (χ1) is 8.36. The van der Waals surface area contributed by atoms with Gasteiger partial charge in [-0.15, -0.1) is 0 Å². The fraction of sp³-hybridized carbons (Fsp3) is 0.308. The highest BCUT2D eigenvalue weighted by Gasteiger charge is 2.24. The lowest BCUT2D eigenvalue weighted by Crippen LogP contribution is -2.14. The molecule has 3 rings (SSSR count). The molecule has 1 aromatic heterocycles. The molecular formula is C13H14N2OS. The summed E-state index contributed by atoms with van der Waals surface area (Å²) in [5.41, 5.74) is 2.19. The van der Waals surface area contributed by atoms with Gasteiger partial charge >= 0.3 is 0 Å². The lowest BCUT2D eigenvalue weighted by atomic mass is 9.97. The van der Waals surface area contributed by atoms with Crippen LogP contribution in [0.2, 0.25) is 0 Å². The van der Waals surface area contributed by atoms with E-state index < -0.39 is 0 Å². The highest BCUT2D eigenvalue weighted by atomic mass is 32.1. The molecule has 2 aromatic rings. The van der Waals surface area contributed by atoms with Crippen LogP contribution < -0.4 is 10.9 Å². The summed E-state index contributed by atoms with van der Waals surface area (Å²) < 4.78 is 2.87. The van der Waals surface area contributed by atoms with Gasteiger partial charge in [0.25, 0.3) is 5.56 Å². The molecule has 0 aliphatic carbocycles. The van der Waals surface area contributed by atoms with Gasteiger partial charge in [0.05, 0.1) is 4.88 Å². The van der Waals surface area contributed by atoms with Crippen molar-refractivity contribution in [1.29, 1.82) is 0 Å². The van der Waals surface area contributed by atoms with E-state index in [1.54, 1.807) is 0 Å². The van der Waals surface area contributed by atoms with E-state index in [9.17, 15) is 4.79 Å². The smallest absolute Gasteiger partial charge is 0.262 e. The van der Waals surface area contributed by atoms with Crippen LogP contribution in [0, 0.1) is 0 Å². The standard InChI is InChI=1S/C13H14N2OS/c16-13-11(10-6-7-14-8-10)12(17-15-13)9-4-2-1-3-5-9/h1-5,10,14H,6-8H2,(H,15,16). The molecule has 88 valence electrons. The SMILES string of the molecule is O=c1[nH]sc(-c2ccccc2)c1C1CCNC1. The van der Waals surface area contributed by atoms with Gasteiger partial charge < -0.3 is 5.32 Å². The van der Waals surface area contributed by atoms with Gasteiger partial charge in [-0.05, 0) is 18.5 Å². The van der Waals surface area contributed by atoms with Crippen LogP contribution in [0.3, 0.4) is 0 Å². The van der Waals surface area contributed by atoms with Gasteiger partial charge in [-0.2, -0.15) is 0 Å². The second-order valence-electron chi connectivity index (χ2n) is 4.33. The number of nitrogens with one attached hydrogen (secondary N) is 2. The monoisotopic (exact) mass is 246 g/mol. The van der Waals surface area contributed by atoms with Gasteiger partial charge in [0.1, 0.15) is 0 Å². The molecule has 0 saturated carbocycles. The minimum absolute atomic E-state index is 0.0857. The Morgan fingerprint density at radius 1 is 1.24 bits per heavy atom. The van der Waals surface area contributed by atoms with E-state index in [2.05, 4.69) is 21.8 Å². The van der Waals surface area contributed by atoms with E-state index >= 15 is 0 Å². The van der Waals surface area contributed by atoms with Gasteiger partial charge in [-0.3, -0.25) is 9.17 Å². The molecule has 1 aromatic carbocycles. The predicted octanol–water partition coefficient (Wildman–Crippen LogP) is 2.18. The molecule has 17 heavy (non-hydrogen) atoms.